The Morgan fingerprint density at radius 2 is 1.94 bits per heavy atom. The molecule has 0 aliphatic heterocycles. The quantitative estimate of drug-likeness (QED) is 0.795. The van der Waals surface area contributed by atoms with Crippen molar-refractivity contribution in [1.82, 2.24) is 5.32 Å². The summed E-state index contributed by atoms with van der Waals surface area (Å²) >= 11 is 1.93. The van der Waals surface area contributed by atoms with Crippen molar-refractivity contribution in [2.24, 2.45) is 0 Å². The first-order valence-corrected chi connectivity index (χ1v) is 6.73. The second-order valence-electron chi connectivity index (χ2n) is 5.08. The summed E-state index contributed by atoms with van der Waals surface area (Å²) in [6.45, 7) is 13.1. The average molecular weight is 237 g/mol. The molecule has 2 heteroatoms. The molecule has 16 heavy (non-hydrogen) atoms. The zero-order valence-corrected chi connectivity index (χ0v) is 11.9. The van der Waals surface area contributed by atoms with Crippen LogP contribution in [-0.2, 0) is 6.54 Å². The first kappa shape index (κ1) is 13.6. The van der Waals surface area contributed by atoms with Gasteiger partial charge in [-0.05, 0) is 36.7 Å². The van der Waals surface area contributed by atoms with Crippen molar-refractivity contribution < 1.29 is 0 Å². The highest BCUT2D eigenvalue weighted by Gasteiger charge is 2.12. The fourth-order valence-corrected chi connectivity index (χ4v) is 2.62. The van der Waals surface area contributed by atoms with Gasteiger partial charge in [-0.1, -0.05) is 33.8 Å². The lowest BCUT2D eigenvalue weighted by Gasteiger charge is -2.18. The highest BCUT2D eigenvalue weighted by Crippen LogP contribution is 2.32. The van der Waals surface area contributed by atoms with Crippen LogP contribution in [0.5, 0.6) is 0 Å². The number of nitrogens with one attached hydrogen (secondary N) is 1. The monoisotopic (exact) mass is 237 g/mol. The number of thioether (sulfide) groups is 1. The molecule has 0 unspecified atom stereocenters. The van der Waals surface area contributed by atoms with E-state index in [4.69, 9.17) is 0 Å². The van der Waals surface area contributed by atoms with Crippen LogP contribution in [0.3, 0.4) is 0 Å². The van der Waals surface area contributed by atoms with E-state index < -0.39 is 0 Å². The minimum absolute atomic E-state index is 0.287. The van der Waals surface area contributed by atoms with Gasteiger partial charge in [0.2, 0.25) is 0 Å². The van der Waals surface area contributed by atoms with E-state index in [1.165, 1.54) is 16.0 Å². The van der Waals surface area contributed by atoms with Gasteiger partial charge in [-0.15, -0.1) is 11.8 Å². The van der Waals surface area contributed by atoms with E-state index in [0.29, 0.717) is 0 Å². The number of aryl methyl sites for hydroxylation is 1. The predicted molar refractivity (Wildman–Crippen MR) is 74.2 cm³/mol. The number of benzene rings is 1. The smallest absolute Gasteiger partial charge is 0.0208 e. The van der Waals surface area contributed by atoms with Gasteiger partial charge in [-0.2, -0.15) is 0 Å². The van der Waals surface area contributed by atoms with E-state index in [9.17, 15) is 0 Å². The van der Waals surface area contributed by atoms with Crippen LogP contribution in [-0.4, -0.2) is 11.3 Å². The number of hydrogen-bond donors (Lipinski definition) is 1. The molecule has 0 saturated carbocycles. The van der Waals surface area contributed by atoms with Crippen molar-refractivity contribution in [3.8, 4) is 0 Å². The van der Waals surface area contributed by atoms with E-state index in [-0.39, 0.29) is 4.75 Å². The van der Waals surface area contributed by atoms with Gasteiger partial charge in [0.05, 0.1) is 0 Å². The maximum atomic E-state index is 3.37. The van der Waals surface area contributed by atoms with Crippen LogP contribution < -0.4 is 5.32 Å². The van der Waals surface area contributed by atoms with Crippen molar-refractivity contribution >= 4 is 11.8 Å². The summed E-state index contributed by atoms with van der Waals surface area (Å²) in [6.07, 6.45) is 0. The topological polar surface area (TPSA) is 12.0 Å². The van der Waals surface area contributed by atoms with Crippen LogP contribution >= 0.6 is 11.8 Å². The highest BCUT2D eigenvalue weighted by atomic mass is 32.2. The zero-order chi connectivity index (χ0) is 12.2. The molecule has 0 aromatic heterocycles. The van der Waals surface area contributed by atoms with Crippen molar-refractivity contribution in [3.63, 3.8) is 0 Å². The second-order valence-corrected chi connectivity index (χ2v) is 6.98. The summed E-state index contributed by atoms with van der Waals surface area (Å²) in [5, 5.41) is 3.37. The van der Waals surface area contributed by atoms with Gasteiger partial charge in [0.15, 0.2) is 0 Å². The Bertz CT molecular complexity index is 339. The van der Waals surface area contributed by atoms with Crippen LogP contribution in [0, 0.1) is 6.92 Å². The van der Waals surface area contributed by atoms with Gasteiger partial charge < -0.3 is 5.32 Å². The lowest BCUT2D eigenvalue weighted by molar-refractivity contribution is 0.723. The largest absolute Gasteiger partial charge is 0.313 e. The molecule has 0 atom stereocenters. The second kappa shape index (κ2) is 5.74. The maximum absolute atomic E-state index is 3.37. The lowest BCUT2D eigenvalue weighted by atomic mass is 10.1. The summed E-state index contributed by atoms with van der Waals surface area (Å²) in [5.41, 5.74) is 2.79. The van der Waals surface area contributed by atoms with Crippen LogP contribution in [0.15, 0.2) is 23.1 Å². The van der Waals surface area contributed by atoms with Crippen molar-refractivity contribution in [3.05, 3.63) is 29.3 Å². The standard InChI is InChI=1S/C14H23NS/c1-6-15-10-12-7-8-13(9-11(12)2)16-14(3,4)5/h7-9,15H,6,10H2,1-5H3. The van der Waals surface area contributed by atoms with Crippen molar-refractivity contribution in [2.45, 2.75) is 50.8 Å². The molecule has 1 nitrogen and oxygen atoms in total. The third kappa shape index (κ3) is 4.58. The fourth-order valence-electron chi connectivity index (χ4n) is 1.54. The summed E-state index contributed by atoms with van der Waals surface area (Å²) < 4.78 is 0.287. The molecule has 1 aromatic rings. The Labute approximate surface area is 104 Å². The molecule has 0 radical (unpaired) electrons. The van der Waals surface area contributed by atoms with Gasteiger partial charge in [0, 0.05) is 16.2 Å². The summed E-state index contributed by atoms with van der Waals surface area (Å²) in [7, 11) is 0. The fraction of sp³-hybridized carbons (Fsp3) is 0.571. The Kier molecular flexibility index (Phi) is 4.88. The Hall–Kier alpha value is -0.470. The van der Waals surface area contributed by atoms with Gasteiger partial charge in [0.25, 0.3) is 0 Å². The van der Waals surface area contributed by atoms with Gasteiger partial charge >= 0.3 is 0 Å². The van der Waals surface area contributed by atoms with Gasteiger partial charge in [-0.25, -0.2) is 0 Å². The first-order valence-electron chi connectivity index (χ1n) is 5.91. The first-order chi connectivity index (χ1) is 7.42. The van der Waals surface area contributed by atoms with E-state index in [0.717, 1.165) is 13.1 Å². The molecule has 0 amide bonds. The highest BCUT2D eigenvalue weighted by molar-refractivity contribution is 8.00. The normalized spacial score (nSPS) is 11.8. The minimum Gasteiger partial charge on any atom is -0.313 e. The van der Waals surface area contributed by atoms with Crippen molar-refractivity contribution in [2.75, 3.05) is 6.54 Å². The van der Waals surface area contributed by atoms with Crippen molar-refractivity contribution in [1.29, 1.82) is 0 Å². The summed E-state index contributed by atoms with van der Waals surface area (Å²) in [4.78, 5) is 1.37. The number of rotatable bonds is 4. The molecular weight excluding hydrogens is 214 g/mol. The minimum atomic E-state index is 0.287. The van der Waals surface area contributed by atoms with Gasteiger partial charge in [0.1, 0.15) is 0 Å². The van der Waals surface area contributed by atoms with E-state index in [1.807, 2.05) is 11.8 Å². The Balaban J connectivity index is 2.74. The molecule has 0 aliphatic carbocycles. The molecule has 0 aliphatic rings. The molecule has 1 rings (SSSR count). The predicted octanol–water partition coefficient (Wildman–Crippen LogP) is 4.00. The lowest BCUT2D eigenvalue weighted by Crippen LogP contribution is -2.12. The molecule has 90 valence electrons. The SMILES string of the molecule is CCNCc1ccc(SC(C)(C)C)cc1C. The molecule has 0 bridgehead atoms. The Morgan fingerprint density at radius 1 is 1.25 bits per heavy atom. The molecule has 1 aromatic carbocycles. The van der Waals surface area contributed by atoms with Crippen LogP contribution in [0.2, 0.25) is 0 Å². The maximum Gasteiger partial charge on any atom is 0.0208 e. The molecular formula is C14H23NS. The zero-order valence-electron chi connectivity index (χ0n) is 11.1. The van der Waals surface area contributed by atoms with Crippen LogP contribution in [0.25, 0.3) is 0 Å². The molecule has 0 fully saturated rings. The summed E-state index contributed by atoms with van der Waals surface area (Å²) in [6, 6.07) is 6.77. The third-order valence-electron chi connectivity index (χ3n) is 2.30. The average Bonchev–Trinajstić information content (AvgIpc) is 2.14. The van der Waals surface area contributed by atoms with Gasteiger partial charge in [-0.3, -0.25) is 0 Å². The number of hydrogen-bond acceptors (Lipinski definition) is 2. The summed E-state index contributed by atoms with van der Waals surface area (Å²) in [5.74, 6) is 0. The van der Waals surface area contributed by atoms with Crippen LogP contribution in [0.4, 0.5) is 0 Å². The molecule has 0 heterocycles. The third-order valence-corrected chi connectivity index (χ3v) is 3.41. The Morgan fingerprint density at radius 3 is 2.44 bits per heavy atom. The molecule has 1 N–H and O–H groups in total. The molecule has 0 saturated heterocycles. The van der Waals surface area contributed by atoms with E-state index in [2.05, 4.69) is 58.1 Å². The van der Waals surface area contributed by atoms with E-state index in [1.54, 1.807) is 0 Å². The van der Waals surface area contributed by atoms with Crippen LogP contribution in [0.1, 0.15) is 38.8 Å². The van der Waals surface area contributed by atoms with E-state index >= 15 is 0 Å². The molecule has 0 spiro atoms.